The second-order valence-electron chi connectivity index (χ2n) is 6.67. The Labute approximate surface area is 93.1 Å². The topological polar surface area (TPSA) is 0 Å². The van der Waals surface area contributed by atoms with E-state index in [1.54, 1.807) is 25.7 Å². The fraction of sp³-hybridized carbons (Fsp3) is 0.867. The Bertz CT molecular complexity index is 321. The zero-order chi connectivity index (χ0) is 9.93. The van der Waals surface area contributed by atoms with Crippen LogP contribution in [-0.4, -0.2) is 0 Å². The highest BCUT2D eigenvalue weighted by atomic mass is 14.6. The average Bonchev–Trinajstić information content (AvgIpc) is 2.96. The van der Waals surface area contributed by atoms with Crippen molar-refractivity contribution in [2.24, 2.45) is 16.7 Å². The molecule has 0 N–H and O–H groups in total. The van der Waals surface area contributed by atoms with E-state index in [2.05, 4.69) is 6.08 Å². The first-order chi connectivity index (χ1) is 7.33. The van der Waals surface area contributed by atoms with Crippen molar-refractivity contribution in [3.05, 3.63) is 11.6 Å². The van der Waals surface area contributed by atoms with Gasteiger partial charge >= 0.3 is 0 Å². The van der Waals surface area contributed by atoms with Gasteiger partial charge in [-0.1, -0.05) is 18.1 Å². The Kier molecular flexibility index (Phi) is 1.59. The van der Waals surface area contributed by atoms with Gasteiger partial charge < -0.3 is 0 Å². The quantitative estimate of drug-likeness (QED) is 0.509. The maximum absolute atomic E-state index is 2.77. The van der Waals surface area contributed by atoms with Crippen LogP contribution < -0.4 is 0 Å². The largest absolute Gasteiger partial charge is 0.0785 e. The predicted octanol–water partition coefficient (Wildman–Crippen LogP) is 4.46. The zero-order valence-electron chi connectivity index (χ0n) is 9.73. The maximum atomic E-state index is 2.77. The number of hydrogen-bond donors (Lipinski definition) is 0. The standard InChI is InChI=1S/C15H22/c1-2-4-13-11-14(7-8-14)9-10-15(13)6-5-12(15)3-1/h11-12H,1-10H2/t12?,15-/m1/s1. The number of rotatable bonds is 0. The normalized spacial score (nSPS) is 45.9. The summed E-state index contributed by atoms with van der Waals surface area (Å²) < 4.78 is 0. The molecule has 0 aromatic carbocycles. The van der Waals surface area contributed by atoms with Crippen LogP contribution in [0.25, 0.3) is 0 Å². The third-order valence-corrected chi connectivity index (χ3v) is 6.05. The molecule has 1 unspecified atom stereocenters. The molecule has 0 amide bonds. The van der Waals surface area contributed by atoms with Crippen molar-refractivity contribution in [1.29, 1.82) is 0 Å². The van der Waals surface area contributed by atoms with Gasteiger partial charge in [0.25, 0.3) is 0 Å². The minimum absolute atomic E-state index is 0.741. The van der Waals surface area contributed by atoms with Crippen molar-refractivity contribution in [3.63, 3.8) is 0 Å². The molecule has 4 aliphatic carbocycles. The van der Waals surface area contributed by atoms with E-state index < -0.39 is 0 Å². The molecule has 0 nitrogen and oxygen atoms in total. The molecule has 0 saturated heterocycles. The number of hydrogen-bond acceptors (Lipinski definition) is 0. The van der Waals surface area contributed by atoms with E-state index in [0.29, 0.717) is 0 Å². The second kappa shape index (κ2) is 2.70. The first-order valence-electron chi connectivity index (χ1n) is 7.05. The maximum Gasteiger partial charge on any atom is -0.00592 e. The first-order valence-corrected chi connectivity index (χ1v) is 7.05. The van der Waals surface area contributed by atoms with Crippen LogP contribution in [0, 0.1) is 16.7 Å². The summed E-state index contributed by atoms with van der Waals surface area (Å²) in [5.41, 5.74) is 3.43. The third-order valence-electron chi connectivity index (χ3n) is 6.05. The lowest BCUT2D eigenvalue weighted by Crippen LogP contribution is -2.43. The van der Waals surface area contributed by atoms with Crippen LogP contribution in [0.5, 0.6) is 0 Å². The lowest BCUT2D eigenvalue weighted by atomic mass is 9.51. The van der Waals surface area contributed by atoms with E-state index in [0.717, 1.165) is 16.7 Å². The van der Waals surface area contributed by atoms with Crippen molar-refractivity contribution in [3.8, 4) is 0 Å². The van der Waals surface area contributed by atoms with E-state index in [1.807, 2.05) is 5.57 Å². The van der Waals surface area contributed by atoms with Gasteiger partial charge in [-0.2, -0.15) is 0 Å². The third kappa shape index (κ3) is 1.09. The molecule has 0 aliphatic heterocycles. The molecule has 4 aliphatic rings. The van der Waals surface area contributed by atoms with Crippen molar-refractivity contribution in [1.82, 2.24) is 0 Å². The molecule has 15 heavy (non-hydrogen) atoms. The molecule has 4 rings (SSSR count). The molecule has 82 valence electrons. The highest BCUT2D eigenvalue weighted by Crippen LogP contribution is 2.67. The van der Waals surface area contributed by atoms with E-state index in [-0.39, 0.29) is 0 Å². The number of allylic oxidation sites excluding steroid dienone is 2. The summed E-state index contributed by atoms with van der Waals surface area (Å²) in [6.07, 6.45) is 18.0. The van der Waals surface area contributed by atoms with Crippen LogP contribution >= 0.6 is 0 Å². The van der Waals surface area contributed by atoms with E-state index in [9.17, 15) is 0 Å². The van der Waals surface area contributed by atoms with Gasteiger partial charge in [0.2, 0.25) is 0 Å². The molecule has 2 atom stereocenters. The van der Waals surface area contributed by atoms with E-state index in [1.165, 1.54) is 38.5 Å². The summed E-state index contributed by atoms with van der Waals surface area (Å²) in [6.45, 7) is 0. The molecule has 0 aromatic rings. The molecule has 3 fully saturated rings. The van der Waals surface area contributed by atoms with Crippen LogP contribution in [0.3, 0.4) is 0 Å². The minimum atomic E-state index is 0.741. The van der Waals surface area contributed by atoms with Gasteiger partial charge in [-0.25, -0.2) is 0 Å². The fourth-order valence-corrected chi connectivity index (χ4v) is 4.67. The van der Waals surface area contributed by atoms with Crippen molar-refractivity contribution < 1.29 is 0 Å². The van der Waals surface area contributed by atoms with E-state index in [4.69, 9.17) is 0 Å². The highest BCUT2D eigenvalue weighted by Gasteiger charge is 2.55. The molecule has 3 saturated carbocycles. The fourth-order valence-electron chi connectivity index (χ4n) is 4.67. The van der Waals surface area contributed by atoms with Crippen LogP contribution in [0.1, 0.15) is 64.2 Å². The Hall–Kier alpha value is -0.260. The second-order valence-corrected chi connectivity index (χ2v) is 6.67. The molecule has 2 spiro atoms. The van der Waals surface area contributed by atoms with Gasteiger partial charge in [0.05, 0.1) is 0 Å². The average molecular weight is 202 g/mol. The van der Waals surface area contributed by atoms with Crippen LogP contribution in [0.4, 0.5) is 0 Å². The Morgan fingerprint density at radius 1 is 0.933 bits per heavy atom. The summed E-state index contributed by atoms with van der Waals surface area (Å²) in [5.74, 6) is 1.10. The van der Waals surface area contributed by atoms with Crippen molar-refractivity contribution in [2.45, 2.75) is 64.2 Å². The van der Waals surface area contributed by atoms with Gasteiger partial charge in [-0.3, -0.25) is 0 Å². The molecule has 0 aromatic heterocycles. The Balaban J connectivity index is 1.75. The summed E-state index contributed by atoms with van der Waals surface area (Å²) in [4.78, 5) is 0. The minimum Gasteiger partial charge on any atom is -0.0785 e. The lowest BCUT2D eigenvalue weighted by Gasteiger charge is -2.54. The van der Waals surface area contributed by atoms with Gasteiger partial charge in [-0.15, -0.1) is 0 Å². The summed E-state index contributed by atoms with van der Waals surface area (Å²) in [7, 11) is 0. The van der Waals surface area contributed by atoms with E-state index >= 15 is 0 Å². The summed E-state index contributed by atoms with van der Waals surface area (Å²) in [5, 5.41) is 0. The van der Waals surface area contributed by atoms with Gasteiger partial charge in [0.1, 0.15) is 0 Å². The lowest BCUT2D eigenvalue weighted by molar-refractivity contribution is 0.0414. The molecule has 0 heteroatoms. The summed E-state index contributed by atoms with van der Waals surface area (Å²) in [6, 6.07) is 0. The molecule has 0 heterocycles. The van der Waals surface area contributed by atoms with Crippen molar-refractivity contribution in [2.75, 3.05) is 0 Å². The Morgan fingerprint density at radius 2 is 1.80 bits per heavy atom. The zero-order valence-corrected chi connectivity index (χ0v) is 9.73. The Morgan fingerprint density at radius 3 is 2.53 bits per heavy atom. The molecular formula is C15H22. The van der Waals surface area contributed by atoms with Gasteiger partial charge in [0.15, 0.2) is 0 Å². The van der Waals surface area contributed by atoms with Gasteiger partial charge in [0, 0.05) is 0 Å². The molecule has 0 bridgehead atoms. The molecular weight excluding hydrogens is 180 g/mol. The first kappa shape index (κ1) is 8.84. The van der Waals surface area contributed by atoms with Crippen LogP contribution in [0.15, 0.2) is 11.6 Å². The highest BCUT2D eigenvalue weighted by molar-refractivity contribution is 5.30. The smallest absolute Gasteiger partial charge is 0.00592 e. The van der Waals surface area contributed by atoms with Crippen LogP contribution in [0.2, 0.25) is 0 Å². The van der Waals surface area contributed by atoms with Gasteiger partial charge in [-0.05, 0) is 74.5 Å². The monoisotopic (exact) mass is 202 g/mol. The molecule has 0 radical (unpaired) electrons. The SMILES string of the molecule is C1=C2CCCCC3CC[C@]23CCC12CC2. The van der Waals surface area contributed by atoms with Crippen LogP contribution in [-0.2, 0) is 0 Å². The predicted molar refractivity (Wildman–Crippen MR) is 62.6 cm³/mol. The van der Waals surface area contributed by atoms with Crippen molar-refractivity contribution >= 4 is 0 Å². The summed E-state index contributed by atoms with van der Waals surface area (Å²) >= 11 is 0.